The van der Waals surface area contributed by atoms with Crippen molar-refractivity contribution in [3.8, 4) is 0 Å². The summed E-state index contributed by atoms with van der Waals surface area (Å²) in [6.07, 6.45) is 0.771. The Labute approximate surface area is 181 Å². The zero-order valence-electron chi connectivity index (χ0n) is 16.7. The number of anilines is 2. The van der Waals surface area contributed by atoms with Crippen molar-refractivity contribution in [3.63, 3.8) is 0 Å². The van der Waals surface area contributed by atoms with Gasteiger partial charge in [0.25, 0.3) is 0 Å². The van der Waals surface area contributed by atoms with Crippen LogP contribution in [0, 0.1) is 6.92 Å². The molecule has 0 fully saturated rings. The minimum atomic E-state index is -0.307. The molecule has 0 heterocycles. The molecule has 6 heteroatoms. The lowest BCUT2D eigenvalue weighted by molar-refractivity contribution is -0.122. The number of carbonyl (C=O) groups is 2. The number of nitrogens with one attached hydrogen (secondary N) is 3. The molecule has 0 radical (unpaired) electrons. The number of carbonyl (C=O) groups excluding carboxylic acids is 2. The van der Waals surface area contributed by atoms with Crippen molar-refractivity contribution in [2.45, 2.75) is 13.3 Å². The molecule has 3 aromatic rings. The highest BCUT2D eigenvalue weighted by atomic mass is 35.5. The van der Waals surface area contributed by atoms with Crippen LogP contribution in [0.25, 0.3) is 0 Å². The summed E-state index contributed by atoms with van der Waals surface area (Å²) >= 11 is 6.06. The van der Waals surface area contributed by atoms with E-state index in [0.29, 0.717) is 10.7 Å². The fourth-order valence-electron chi connectivity index (χ4n) is 3.02. The number of para-hydroxylation sites is 1. The first-order valence-corrected chi connectivity index (χ1v) is 10.1. The Balaban J connectivity index is 1.49. The molecule has 5 nitrogen and oxygen atoms in total. The predicted molar refractivity (Wildman–Crippen MR) is 122 cm³/mol. The molecule has 0 saturated heterocycles. The molecule has 154 valence electrons. The summed E-state index contributed by atoms with van der Waals surface area (Å²) in [5.41, 5.74) is 4.62. The Hall–Kier alpha value is -3.31. The molecule has 0 saturated carbocycles. The smallest absolute Gasteiger partial charge is 0.243 e. The molecule has 0 atom stereocenters. The summed E-state index contributed by atoms with van der Waals surface area (Å²) in [7, 11) is 0. The van der Waals surface area contributed by atoms with Gasteiger partial charge in [0.15, 0.2) is 0 Å². The molecule has 30 heavy (non-hydrogen) atoms. The van der Waals surface area contributed by atoms with Crippen molar-refractivity contribution in [3.05, 3.63) is 94.5 Å². The third-order valence-corrected chi connectivity index (χ3v) is 5.09. The van der Waals surface area contributed by atoms with Crippen LogP contribution in [0.2, 0.25) is 5.02 Å². The maximum absolute atomic E-state index is 12.2. The molecular formula is C24H24ClN3O2. The van der Waals surface area contributed by atoms with Gasteiger partial charge in [-0.2, -0.15) is 0 Å². The van der Waals surface area contributed by atoms with E-state index in [1.54, 1.807) is 18.2 Å². The van der Waals surface area contributed by atoms with Gasteiger partial charge in [-0.1, -0.05) is 66.2 Å². The second-order valence-corrected chi connectivity index (χ2v) is 7.32. The summed E-state index contributed by atoms with van der Waals surface area (Å²) in [5, 5.41) is 9.13. The van der Waals surface area contributed by atoms with E-state index in [2.05, 4.69) is 28.1 Å². The Morgan fingerprint density at radius 2 is 1.50 bits per heavy atom. The third-order valence-electron chi connectivity index (χ3n) is 4.68. The number of hydrogen-bond acceptors (Lipinski definition) is 3. The molecule has 0 aliphatic rings. The van der Waals surface area contributed by atoms with E-state index in [-0.39, 0.29) is 24.9 Å². The minimum Gasteiger partial charge on any atom is -0.376 e. The van der Waals surface area contributed by atoms with Gasteiger partial charge in [0, 0.05) is 16.4 Å². The fraction of sp³-hybridized carbons (Fsp3) is 0.167. The van der Waals surface area contributed by atoms with Crippen LogP contribution in [-0.4, -0.2) is 24.9 Å². The van der Waals surface area contributed by atoms with Crippen molar-refractivity contribution in [2.75, 3.05) is 23.7 Å². The molecule has 0 bridgehead atoms. The average molecular weight is 422 g/mol. The topological polar surface area (TPSA) is 70.2 Å². The Bertz CT molecular complexity index is 1020. The first-order chi connectivity index (χ1) is 14.5. The highest BCUT2D eigenvalue weighted by Gasteiger charge is 2.10. The van der Waals surface area contributed by atoms with Crippen LogP contribution in [0.5, 0.6) is 0 Å². The summed E-state index contributed by atoms with van der Waals surface area (Å²) < 4.78 is 0. The van der Waals surface area contributed by atoms with Crippen LogP contribution in [0.4, 0.5) is 11.4 Å². The molecule has 0 spiro atoms. The molecular weight excluding hydrogens is 398 g/mol. The van der Waals surface area contributed by atoms with E-state index in [1.165, 1.54) is 5.56 Å². The first kappa shape index (κ1) is 21.4. The second-order valence-electron chi connectivity index (χ2n) is 6.91. The quantitative estimate of drug-likeness (QED) is 0.504. The first-order valence-electron chi connectivity index (χ1n) is 9.70. The zero-order valence-corrected chi connectivity index (χ0v) is 17.5. The summed E-state index contributed by atoms with van der Waals surface area (Å²) in [6.45, 7) is 1.79. The van der Waals surface area contributed by atoms with E-state index in [1.807, 2.05) is 49.4 Å². The minimum absolute atomic E-state index is 0.0786. The lowest BCUT2D eigenvalue weighted by Crippen LogP contribution is -2.36. The molecule has 3 N–H and O–H groups in total. The Morgan fingerprint density at radius 3 is 2.30 bits per heavy atom. The monoisotopic (exact) mass is 421 g/mol. The van der Waals surface area contributed by atoms with E-state index in [9.17, 15) is 9.59 Å². The number of hydrogen-bond donors (Lipinski definition) is 3. The molecule has 0 aliphatic heterocycles. The SMILES string of the molecule is Cc1c(Cl)cccc1NC(=O)CNC(=O)CNc1ccccc1Cc1ccccc1. The van der Waals surface area contributed by atoms with Gasteiger partial charge in [-0.25, -0.2) is 0 Å². The predicted octanol–water partition coefficient (Wildman–Crippen LogP) is 4.41. The van der Waals surface area contributed by atoms with Gasteiger partial charge < -0.3 is 16.0 Å². The van der Waals surface area contributed by atoms with Crippen LogP contribution < -0.4 is 16.0 Å². The Morgan fingerprint density at radius 1 is 0.800 bits per heavy atom. The molecule has 0 aromatic heterocycles. The van der Waals surface area contributed by atoms with Gasteiger partial charge in [0.2, 0.25) is 11.8 Å². The van der Waals surface area contributed by atoms with Crippen LogP contribution in [0.15, 0.2) is 72.8 Å². The highest BCUT2D eigenvalue weighted by Crippen LogP contribution is 2.22. The van der Waals surface area contributed by atoms with Gasteiger partial charge in [-0.15, -0.1) is 0 Å². The van der Waals surface area contributed by atoms with Crippen molar-refractivity contribution >= 4 is 34.8 Å². The molecule has 0 unspecified atom stereocenters. The number of amides is 2. The van der Waals surface area contributed by atoms with E-state index >= 15 is 0 Å². The maximum atomic E-state index is 12.2. The van der Waals surface area contributed by atoms with Gasteiger partial charge in [0.05, 0.1) is 13.1 Å². The van der Waals surface area contributed by atoms with E-state index in [4.69, 9.17) is 11.6 Å². The third kappa shape index (κ3) is 6.09. The number of halogens is 1. The van der Waals surface area contributed by atoms with Gasteiger partial charge in [-0.05, 0) is 48.2 Å². The van der Waals surface area contributed by atoms with Crippen molar-refractivity contribution in [1.29, 1.82) is 0 Å². The van der Waals surface area contributed by atoms with Gasteiger partial charge in [0.1, 0.15) is 0 Å². The zero-order chi connectivity index (χ0) is 21.3. The molecule has 2 amide bonds. The van der Waals surface area contributed by atoms with Crippen LogP contribution in [-0.2, 0) is 16.0 Å². The maximum Gasteiger partial charge on any atom is 0.243 e. The van der Waals surface area contributed by atoms with Gasteiger partial charge >= 0.3 is 0 Å². The standard InChI is InChI=1S/C24H24ClN3O2/c1-17-20(25)11-7-13-21(17)28-24(30)16-27-23(29)15-26-22-12-6-5-10-19(22)14-18-8-3-2-4-9-18/h2-13,26H,14-16H2,1H3,(H,27,29)(H,28,30). The summed E-state index contributed by atoms with van der Waals surface area (Å²) in [4.78, 5) is 24.3. The summed E-state index contributed by atoms with van der Waals surface area (Å²) in [5.74, 6) is -0.569. The van der Waals surface area contributed by atoms with E-state index < -0.39 is 0 Å². The number of benzene rings is 3. The average Bonchev–Trinajstić information content (AvgIpc) is 2.75. The molecule has 3 rings (SSSR count). The largest absolute Gasteiger partial charge is 0.376 e. The lowest BCUT2D eigenvalue weighted by atomic mass is 10.0. The second kappa shape index (κ2) is 10.5. The van der Waals surface area contributed by atoms with Crippen molar-refractivity contribution in [1.82, 2.24) is 5.32 Å². The molecule has 0 aliphatic carbocycles. The van der Waals surface area contributed by atoms with Crippen LogP contribution >= 0.6 is 11.6 Å². The molecule has 3 aromatic carbocycles. The summed E-state index contributed by atoms with van der Waals surface area (Å²) in [6, 6.07) is 23.3. The number of rotatable bonds is 8. The normalized spacial score (nSPS) is 10.3. The highest BCUT2D eigenvalue weighted by molar-refractivity contribution is 6.31. The Kier molecular flexibility index (Phi) is 7.46. The van der Waals surface area contributed by atoms with Crippen molar-refractivity contribution < 1.29 is 9.59 Å². The van der Waals surface area contributed by atoms with Gasteiger partial charge in [-0.3, -0.25) is 9.59 Å². The van der Waals surface area contributed by atoms with E-state index in [0.717, 1.165) is 23.2 Å². The van der Waals surface area contributed by atoms with Crippen LogP contribution in [0.1, 0.15) is 16.7 Å². The van der Waals surface area contributed by atoms with Crippen molar-refractivity contribution in [2.24, 2.45) is 0 Å². The lowest BCUT2D eigenvalue weighted by Gasteiger charge is -2.13. The van der Waals surface area contributed by atoms with Crippen LogP contribution in [0.3, 0.4) is 0 Å². The fourth-order valence-corrected chi connectivity index (χ4v) is 3.19.